The minimum Gasteiger partial charge on any atom is -0.294 e. The van der Waals surface area contributed by atoms with Crippen LogP contribution in [0.15, 0.2) is 101 Å². The minimum atomic E-state index is -3.64. The van der Waals surface area contributed by atoms with E-state index in [1.54, 1.807) is 18.2 Å². The molecule has 6 aromatic rings. The molecule has 0 saturated carbocycles. The Morgan fingerprint density at radius 2 is 1.53 bits per heavy atom. The van der Waals surface area contributed by atoms with Gasteiger partial charge in [0.05, 0.1) is 26.5 Å². The van der Waals surface area contributed by atoms with E-state index in [0.29, 0.717) is 32.9 Å². The highest BCUT2D eigenvalue weighted by molar-refractivity contribution is 7.92. The number of benzene rings is 5. The molecule has 0 bridgehead atoms. The van der Waals surface area contributed by atoms with Crippen LogP contribution >= 0.6 is 0 Å². The molecule has 0 unspecified atom stereocenters. The fourth-order valence-electron chi connectivity index (χ4n) is 5.36. The summed E-state index contributed by atoms with van der Waals surface area (Å²) in [4.78, 5) is 5.41. The van der Waals surface area contributed by atoms with E-state index < -0.39 is 9.84 Å². The first-order valence-corrected chi connectivity index (χ1v) is 12.9. The molecule has 1 aliphatic heterocycles. The molecule has 0 atom stereocenters. The van der Waals surface area contributed by atoms with Crippen LogP contribution in [0.2, 0.25) is 0 Å². The SMILES string of the molecule is CCc1nc2cccc3c2n1-c1cc(-c2cc4ccccc4c4ccccc24)ccc1S3(=O)=O. The first-order chi connectivity index (χ1) is 16.6. The number of nitrogens with zero attached hydrogens (tertiary/aromatic N) is 2. The molecule has 0 aliphatic carbocycles. The van der Waals surface area contributed by atoms with Crippen LogP contribution in [0.1, 0.15) is 12.7 Å². The molecule has 2 heterocycles. The summed E-state index contributed by atoms with van der Waals surface area (Å²) >= 11 is 0. The number of aryl methyl sites for hydroxylation is 1. The second kappa shape index (κ2) is 6.78. The van der Waals surface area contributed by atoms with E-state index in [0.717, 1.165) is 27.7 Å². The fraction of sp³-hybridized carbons (Fsp3) is 0.0690. The predicted molar refractivity (Wildman–Crippen MR) is 136 cm³/mol. The summed E-state index contributed by atoms with van der Waals surface area (Å²) in [5.74, 6) is 0.860. The number of hydrogen-bond acceptors (Lipinski definition) is 3. The van der Waals surface area contributed by atoms with Crippen molar-refractivity contribution in [2.45, 2.75) is 23.1 Å². The van der Waals surface area contributed by atoms with Gasteiger partial charge in [-0.25, -0.2) is 13.4 Å². The van der Waals surface area contributed by atoms with Gasteiger partial charge in [0.15, 0.2) is 0 Å². The molecule has 34 heavy (non-hydrogen) atoms. The predicted octanol–water partition coefficient (Wildman–Crippen LogP) is 6.71. The van der Waals surface area contributed by atoms with E-state index in [2.05, 4.69) is 42.5 Å². The highest BCUT2D eigenvalue weighted by Gasteiger charge is 2.33. The van der Waals surface area contributed by atoms with Crippen molar-refractivity contribution in [1.29, 1.82) is 0 Å². The third-order valence-electron chi connectivity index (χ3n) is 6.88. The van der Waals surface area contributed by atoms with E-state index >= 15 is 0 Å². The molecule has 164 valence electrons. The average molecular weight is 461 g/mol. The van der Waals surface area contributed by atoms with Gasteiger partial charge in [0.2, 0.25) is 9.84 Å². The van der Waals surface area contributed by atoms with E-state index in [9.17, 15) is 8.42 Å². The van der Waals surface area contributed by atoms with E-state index in [1.807, 2.05) is 41.8 Å². The molecule has 5 heteroatoms. The number of hydrogen-bond donors (Lipinski definition) is 0. The highest BCUT2D eigenvalue weighted by Crippen LogP contribution is 2.42. The number of imidazole rings is 1. The molecule has 0 radical (unpaired) electrons. The Hall–Kier alpha value is -3.96. The van der Waals surface area contributed by atoms with Crippen LogP contribution in [-0.2, 0) is 16.3 Å². The standard InChI is InChI=1S/C29H20N2O2S/c1-2-28-30-24-12-7-13-27-29(24)31(28)25-17-19(14-15-26(25)34(27,32)33)23-16-18-8-3-4-9-20(18)21-10-5-6-11-22(21)23/h3-17H,2H2,1H3. The third kappa shape index (κ3) is 2.47. The Balaban J connectivity index is 1.59. The van der Waals surface area contributed by atoms with E-state index in [-0.39, 0.29) is 0 Å². The second-order valence-corrected chi connectivity index (χ2v) is 10.6. The quantitative estimate of drug-likeness (QED) is 0.270. The summed E-state index contributed by atoms with van der Waals surface area (Å²) in [5, 5.41) is 4.70. The number of rotatable bonds is 2. The fourth-order valence-corrected chi connectivity index (χ4v) is 6.97. The van der Waals surface area contributed by atoms with Crippen molar-refractivity contribution in [3.8, 4) is 16.8 Å². The van der Waals surface area contributed by atoms with E-state index in [4.69, 9.17) is 4.98 Å². The number of sulfone groups is 1. The van der Waals surface area contributed by atoms with Gasteiger partial charge in [0.1, 0.15) is 5.82 Å². The van der Waals surface area contributed by atoms with Crippen molar-refractivity contribution < 1.29 is 8.42 Å². The summed E-state index contributed by atoms with van der Waals surface area (Å²) in [6.45, 7) is 2.05. The highest BCUT2D eigenvalue weighted by atomic mass is 32.2. The lowest BCUT2D eigenvalue weighted by Crippen LogP contribution is -2.16. The Bertz CT molecular complexity index is 1920. The van der Waals surface area contributed by atoms with Crippen LogP contribution < -0.4 is 0 Å². The van der Waals surface area contributed by atoms with Gasteiger partial charge in [-0.1, -0.05) is 67.6 Å². The Kier molecular flexibility index (Phi) is 3.89. The number of fused-ring (bicyclic) bond motifs is 5. The molecule has 7 rings (SSSR count). The Morgan fingerprint density at radius 1 is 0.765 bits per heavy atom. The van der Waals surface area contributed by atoms with Crippen LogP contribution in [0.5, 0.6) is 0 Å². The molecular formula is C29H20N2O2S. The molecular weight excluding hydrogens is 440 g/mol. The third-order valence-corrected chi connectivity index (χ3v) is 8.72. The Morgan fingerprint density at radius 3 is 2.35 bits per heavy atom. The van der Waals surface area contributed by atoms with Gasteiger partial charge in [-0.3, -0.25) is 4.57 Å². The second-order valence-electron chi connectivity index (χ2n) is 8.72. The molecule has 4 nitrogen and oxygen atoms in total. The molecule has 0 spiro atoms. The summed E-state index contributed by atoms with van der Waals surface area (Å²) in [7, 11) is -3.64. The summed E-state index contributed by atoms with van der Waals surface area (Å²) in [6.07, 6.45) is 0.705. The van der Waals surface area contributed by atoms with Gasteiger partial charge in [-0.2, -0.15) is 0 Å². The smallest absolute Gasteiger partial charge is 0.210 e. The number of para-hydroxylation sites is 1. The van der Waals surface area contributed by atoms with Crippen molar-refractivity contribution >= 4 is 42.4 Å². The van der Waals surface area contributed by atoms with Crippen LogP contribution in [0.25, 0.3) is 49.4 Å². The largest absolute Gasteiger partial charge is 0.294 e. The van der Waals surface area contributed by atoms with Crippen molar-refractivity contribution in [2.24, 2.45) is 0 Å². The molecule has 5 aromatic carbocycles. The lowest BCUT2D eigenvalue weighted by molar-refractivity contribution is 0.594. The van der Waals surface area contributed by atoms with Crippen LogP contribution in [-0.4, -0.2) is 18.0 Å². The van der Waals surface area contributed by atoms with Crippen molar-refractivity contribution in [3.63, 3.8) is 0 Å². The van der Waals surface area contributed by atoms with Crippen LogP contribution in [0, 0.1) is 0 Å². The lowest BCUT2D eigenvalue weighted by Gasteiger charge is -2.22. The van der Waals surface area contributed by atoms with Crippen LogP contribution in [0.4, 0.5) is 0 Å². The van der Waals surface area contributed by atoms with Gasteiger partial charge in [-0.05, 0) is 63.0 Å². The van der Waals surface area contributed by atoms with Crippen molar-refractivity contribution in [3.05, 3.63) is 96.8 Å². The molecule has 1 aliphatic rings. The van der Waals surface area contributed by atoms with Gasteiger partial charge in [0.25, 0.3) is 0 Å². The zero-order valence-corrected chi connectivity index (χ0v) is 19.3. The zero-order valence-electron chi connectivity index (χ0n) is 18.5. The maximum Gasteiger partial charge on any atom is 0.210 e. The van der Waals surface area contributed by atoms with Gasteiger partial charge in [0, 0.05) is 6.42 Å². The monoisotopic (exact) mass is 460 g/mol. The normalized spacial score (nSPS) is 14.0. The topological polar surface area (TPSA) is 52.0 Å². The van der Waals surface area contributed by atoms with Crippen molar-refractivity contribution in [1.82, 2.24) is 9.55 Å². The first kappa shape index (κ1) is 19.5. The summed E-state index contributed by atoms with van der Waals surface area (Å²) < 4.78 is 29.2. The maximum absolute atomic E-state index is 13.6. The van der Waals surface area contributed by atoms with Crippen molar-refractivity contribution in [2.75, 3.05) is 0 Å². The molecule has 0 N–H and O–H groups in total. The maximum atomic E-state index is 13.6. The van der Waals surface area contributed by atoms with Gasteiger partial charge < -0.3 is 0 Å². The van der Waals surface area contributed by atoms with E-state index in [1.165, 1.54) is 10.8 Å². The minimum absolute atomic E-state index is 0.327. The Labute approximate surface area is 197 Å². The van der Waals surface area contributed by atoms with Crippen LogP contribution in [0.3, 0.4) is 0 Å². The zero-order chi connectivity index (χ0) is 23.0. The van der Waals surface area contributed by atoms with Gasteiger partial charge in [-0.15, -0.1) is 0 Å². The lowest BCUT2D eigenvalue weighted by atomic mass is 9.93. The molecule has 1 aromatic heterocycles. The molecule has 0 saturated heterocycles. The molecule has 0 fully saturated rings. The number of aromatic nitrogens is 2. The summed E-state index contributed by atoms with van der Waals surface area (Å²) in [5.41, 5.74) is 4.13. The first-order valence-electron chi connectivity index (χ1n) is 11.4. The summed E-state index contributed by atoms with van der Waals surface area (Å²) in [6, 6.07) is 30.0. The van der Waals surface area contributed by atoms with Gasteiger partial charge >= 0.3 is 0 Å². The molecule has 0 amide bonds. The average Bonchev–Trinajstić information content (AvgIpc) is 3.26.